The first-order valence-corrected chi connectivity index (χ1v) is 9.14. The number of halogens is 2. The van der Waals surface area contributed by atoms with Gasteiger partial charge in [-0.3, -0.25) is 0 Å². The number of aromatic nitrogens is 3. The van der Waals surface area contributed by atoms with Crippen LogP contribution >= 0.6 is 24.0 Å². The van der Waals surface area contributed by atoms with Gasteiger partial charge in [-0.05, 0) is 30.0 Å². The second kappa shape index (κ2) is 7.92. The molecule has 9 heteroatoms. The van der Waals surface area contributed by atoms with E-state index in [-0.39, 0.29) is 16.4 Å². The molecule has 0 fully saturated rings. The van der Waals surface area contributed by atoms with Crippen molar-refractivity contribution in [2.24, 2.45) is 0 Å². The second-order valence-corrected chi connectivity index (χ2v) is 6.86. The molecular weight excluding hydrogens is 366 g/mol. The van der Waals surface area contributed by atoms with Crippen molar-refractivity contribution in [3.05, 3.63) is 47.3 Å². The van der Waals surface area contributed by atoms with E-state index in [1.54, 1.807) is 18.0 Å². The number of ether oxygens (including phenoxy) is 1. The molecule has 0 saturated heterocycles. The molecule has 1 N–H and O–H groups in total. The second-order valence-electron chi connectivity index (χ2n) is 5.34. The Morgan fingerprint density at radius 1 is 1.40 bits per heavy atom. The van der Waals surface area contributed by atoms with Crippen LogP contribution in [0.25, 0.3) is 11.3 Å². The summed E-state index contributed by atoms with van der Waals surface area (Å²) in [6.07, 6.45) is 4.12. The summed E-state index contributed by atoms with van der Waals surface area (Å²) in [5.41, 5.74) is 1.61. The Kier molecular flexibility index (Phi) is 5.64. The minimum absolute atomic E-state index is 0.0523. The van der Waals surface area contributed by atoms with Gasteiger partial charge in [0.05, 0.1) is 25.5 Å². The number of thioether (sulfide) groups is 1. The van der Waals surface area contributed by atoms with Crippen molar-refractivity contribution >= 4 is 34.7 Å². The molecule has 0 atom stereocenters. The Hall–Kier alpha value is -2.00. The third kappa shape index (κ3) is 4.16. The average molecular weight is 382 g/mol. The molecule has 1 aliphatic rings. The van der Waals surface area contributed by atoms with Crippen LogP contribution in [0.2, 0.25) is 0 Å². The van der Waals surface area contributed by atoms with Crippen LogP contribution < -0.4 is 5.32 Å². The summed E-state index contributed by atoms with van der Waals surface area (Å²) in [5.74, 6) is 0.460. The van der Waals surface area contributed by atoms with E-state index in [1.165, 1.54) is 23.9 Å². The average Bonchev–Trinajstić information content (AvgIpc) is 3.09. The molecule has 0 saturated carbocycles. The molecule has 2 heterocycles. The quantitative estimate of drug-likeness (QED) is 0.821. The van der Waals surface area contributed by atoms with Crippen LogP contribution in [0.4, 0.5) is 8.78 Å². The number of thiocarbonyl (C=S) groups is 1. The molecule has 1 aromatic carbocycles. The molecule has 0 radical (unpaired) electrons. The number of methoxy groups -OCH3 is 1. The van der Waals surface area contributed by atoms with Gasteiger partial charge in [0.25, 0.3) is 5.17 Å². The van der Waals surface area contributed by atoms with Crippen molar-refractivity contribution < 1.29 is 13.5 Å². The maximum atomic E-state index is 14.5. The van der Waals surface area contributed by atoms with Crippen LogP contribution in [0.5, 0.6) is 0 Å². The molecule has 0 aliphatic carbocycles. The lowest BCUT2D eigenvalue weighted by atomic mass is 10.0. The van der Waals surface area contributed by atoms with E-state index in [9.17, 15) is 8.78 Å². The molecule has 2 aromatic rings. The minimum Gasteiger partial charge on any atom is -0.474 e. The van der Waals surface area contributed by atoms with E-state index < -0.39 is 11.6 Å². The zero-order valence-corrected chi connectivity index (χ0v) is 15.1. The molecular formula is C16H16F2N4OS2. The summed E-state index contributed by atoms with van der Waals surface area (Å²) in [6.45, 7) is 0.306. The van der Waals surface area contributed by atoms with E-state index >= 15 is 0 Å². The number of nitrogens with zero attached hydrogens (tertiary/aromatic N) is 3. The van der Waals surface area contributed by atoms with Gasteiger partial charge in [0.1, 0.15) is 17.3 Å². The number of benzene rings is 1. The highest BCUT2D eigenvalue weighted by Gasteiger charge is 2.18. The summed E-state index contributed by atoms with van der Waals surface area (Å²) >= 11 is 6.62. The number of nitrogens with one attached hydrogen (secondary N) is 1. The van der Waals surface area contributed by atoms with E-state index in [1.807, 2.05) is 6.08 Å². The zero-order valence-electron chi connectivity index (χ0n) is 13.5. The SMILES string of the molecule is COC(=S)NCc1cn(-c2cc(F)c(C3=CCSCC3)c(F)c2)nn1. The van der Waals surface area contributed by atoms with Gasteiger partial charge in [-0.25, -0.2) is 13.5 Å². The first-order chi connectivity index (χ1) is 12.1. The molecule has 25 heavy (non-hydrogen) atoms. The molecule has 0 bridgehead atoms. The molecule has 5 nitrogen and oxygen atoms in total. The maximum absolute atomic E-state index is 14.5. The standard InChI is InChI=1S/C16H16F2N4OS2/c1-23-16(24)19-8-11-9-22(21-20-11)12-6-13(17)15(14(18)7-12)10-2-4-25-5-3-10/h2,6-7,9H,3-5,8H2,1H3,(H,19,24). The van der Waals surface area contributed by atoms with E-state index in [0.717, 1.165) is 17.1 Å². The molecule has 1 aromatic heterocycles. The molecule has 3 rings (SSSR count). The lowest BCUT2D eigenvalue weighted by molar-refractivity contribution is 0.392. The van der Waals surface area contributed by atoms with E-state index in [4.69, 9.17) is 17.0 Å². The predicted molar refractivity (Wildman–Crippen MR) is 97.6 cm³/mol. The predicted octanol–water partition coefficient (Wildman–Crippen LogP) is 3.09. The zero-order chi connectivity index (χ0) is 17.8. The van der Waals surface area contributed by atoms with Gasteiger partial charge < -0.3 is 10.1 Å². The Morgan fingerprint density at radius 2 is 2.16 bits per heavy atom. The van der Waals surface area contributed by atoms with Crippen molar-refractivity contribution in [3.8, 4) is 5.69 Å². The maximum Gasteiger partial charge on any atom is 0.256 e. The largest absolute Gasteiger partial charge is 0.474 e. The third-order valence-corrected chi connectivity index (χ3v) is 4.92. The van der Waals surface area contributed by atoms with Crippen LogP contribution in [0.1, 0.15) is 17.7 Å². The molecule has 0 unspecified atom stereocenters. The molecule has 1 aliphatic heterocycles. The topological polar surface area (TPSA) is 52.0 Å². The summed E-state index contributed by atoms with van der Waals surface area (Å²) in [4.78, 5) is 0. The van der Waals surface area contributed by atoms with Gasteiger partial charge in [0.2, 0.25) is 0 Å². The van der Waals surface area contributed by atoms with Crippen molar-refractivity contribution in [2.75, 3.05) is 18.6 Å². The highest BCUT2D eigenvalue weighted by Crippen LogP contribution is 2.31. The van der Waals surface area contributed by atoms with Gasteiger partial charge in [0, 0.05) is 23.4 Å². The van der Waals surface area contributed by atoms with Crippen LogP contribution in [0, 0.1) is 11.6 Å². The van der Waals surface area contributed by atoms with Gasteiger partial charge in [-0.1, -0.05) is 11.3 Å². The summed E-state index contributed by atoms with van der Waals surface area (Å²) < 4.78 is 35.1. The van der Waals surface area contributed by atoms with Crippen molar-refractivity contribution in [2.45, 2.75) is 13.0 Å². The molecule has 0 spiro atoms. The normalized spacial score (nSPS) is 14.1. The van der Waals surface area contributed by atoms with E-state index in [2.05, 4.69) is 15.6 Å². The number of allylic oxidation sites excluding steroid dienone is 1. The van der Waals surface area contributed by atoms with Crippen LogP contribution in [-0.4, -0.2) is 38.8 Å². The van der Waals surface area contributed by atoms with Crippen LogP contribution in [0.15, 0.2) is 24.4 Å². The summed E-state index contributed by atoms with van der Waals surface area (Å²) in [5, 5.41) is 10.9. The van der Waals surface area contributed by atoms with Crippen molar-refractivity contribution in [1.82, 2.24) is 20.3 Å². The fourth-order valence-electron chi connectivity index (χ4n) is 2.49. The number of rotatable bonds is 4. The number of hydrogen-bond donors (Lipinski definition) is 1. The smallest absolute Gasteiger partial charge is 0.256 e. The Bertz CT molecular complexity index is 799. The van der Waals surface area contributed by atoms with Gasteiger partial charge in [-0.15, -0.1) is 5.10 Å². The highest BCUT2D eigenvalue weighted by atomic mass is 32.2. The lowest BCUT2D eigenvalue weighted by Gasteiger charge is -2.15. The monoisotopic (exact) mass is 382 g/mol. The first-order valence-electron chi connectivity index (χ1n) is 7.58. The Morgan fingerprint density at radius 3 is 2.80 bits per heavy atom. The number of hydrogen-bond acceptors (Lipinski definition) is 5. The highest BCUT2D eigenvalue weighted by molar-refractivity contribution is 7.99. The molecule has 132 valence electrons. The van der Waals surface area contributed by atoms with Crippen molar-refractivity contribution in [1.29, 1.82) is 0 Å². The third-order valence-electron chi connectivity index (χ3n) is 3.72. The summed E-state index contributed by atoms with van der Waals surface area (Å²) in [7, 11) is 1.46. The first kappa shape index (κ1) is 17.8. The molecule has 0 amide bonds. The Balaban J connectivity index is 1.83. The summed E-state index contributed by atoms with van der Waals surface area (Å²) in [6, 6.07) is 2.54. The van der Waals surface area contributed by atoms with Crippen LogP contribution in [-0.2, 0) is 11.3 Å². The lowest BCUT2D eigenvalue weighted by Crippen LogP contribution is -2.22. The van der Waals surface area contributed by atoms with Gasteiger partial charge in [-0.2, -0.15) is 11.8 Å². The van der Waals surface area contributed by atoms with E-state index in [0.29, 0.717) is 18.7 Å². The van der Waals surface area contributed by atoms with Gasteiger partial charge in [0.15, 0.2) is 0 Å². The van der Waals surface area contributed by atoms with Gasteiger partial charge >= 0.3 is 0 Å². The van der Waals surface area contributed by atoms with Crippen LogP contribution in [0.3, 0.4) is 0 Å². The minimum atomic E-state index is -0.594. The fourth-order valence-corrected chi connectivity index (χ4v) is 3.42. The fraction of sp³-hybridized carbons (Fsp3) is 0.312. The van der Waals surface area contributed by atoms with Crippen molar-refractivity contribution in [3.63, 3.8) is 0 Å². The Labute approximate surface area is 153 Å².